The van der Waals surface area contributed by atoms with Crippen LogP contribution in [0.1, 0.15) is 41.1 Å². The summed E-state index contributed by atoms with van der Waals surface area (Å²) in [4.78, 5) is 2.46. The number of allylic oxidation sites excluding steroid dienone is 1. The molecule has 0 bridgehead atoms. The van der Waals surface area contributed by atoms with Crippen LogP contribution < -0.4 is 10.6 Å². The number of hydrogen-bond donors (Lipinski definition) is 1. The number of hydrogen-bond acceptors (Lipinski definition) is 2. The Kier molecular flexibility index (Phi) is 4.48. The summed E-state index contributed by atoms with van der Waals surface area (Å²) in [7, 11) is 0. The molecule has 3 nitrogen and oxygen atoms in total. The molecular formula is C32H27N3. The van der Waals surface area contributed by atoms with Gasteiger partial charge in [-0.15, -0.1) is 0 Å². The summed E-state index contributed by atoms with van der Waals surface area (Å²) in [5.41, 5.74) is 17.5. The van der Waals surface area contributed by atoms with Gasteiger partial charge in [0, 0.05) is 40.6 Å². The number of nitrogens with two attached hydrogens (primary N) is 1. The van der Waals surface area contributed by atoms with Gasteiger partial charge in [-0.25, -0.2) is 0 Å². The lowest BCUT2D eigenvalue weighted by Crippen LogP contribution is -2.20. The number of aromatic nitrogens is 1. The zero-order chi connectivity index (χ0) is 23.5. The molecule has 5 aromatic rings. The molecule has 0 saturated carbocycles. The molecule has 0 amide bonds. The predicted octanol–water partition coefficient (Wildman–Crippen LogP) is 7.48. The maximum absolute atomic E-state index is 6.02. The van der Waals surface area contributed by atoms with Crippen molar-refractivity contribution < 1.29 is 0 Å². The first-order chi connectivity index (χ1) is 17.3. The van der Waals surface area contributed by atoms with Crippen molar-refractivity contribution in [3.05, 3.63) is 131 Å². The first kappa shape index (κ1) is 20.3. The highest BCUT2D eigenvalue weighted by molar-refractivity contribution is 5.94. The number of nitrogens with zero attached hydrogens (tertiary/aromatic N) is 2. The minimum atomic E-state index is 0.313. The van der Waals surface area contributed by atoms with E-state index in [0.717, 1.165) is 11.3 Å². The van der Waals surface area contributed by atoms with E-state index in [-0.39, 0.29) is 0 Å². The second-order valence-corrected chi connectivity index (χ2v) is 9.59. The van der Waals surface area contributed by atoms with Gasteiger partial charge in [-0.05, 0) is 65.1 Å². The minimum absolute atomic E-state index is 0.313. The van der Waals surface area contributed by atoms with E-state index in [1.165, 1.54) is 44.8 Å². The summed E-state index contributed by atoms with van der Waals surface area (Å²) in [6, 6.07) is 37.1. The molecule has 0 spiro atoms. The predicted molar refractivity (Wildman–Crippen MR) is 145 cm³/mol. The van der Waals surface area contributed by atoms with Crippen molar-refractivity contribution in [2.24, 2.45) is 5.73 Å². The van der Waals surface area contributed by atoms with Crippen LogP contribution in [-0.4, -0.2) is 4.57 Å². The van der Waals surface area contributed by atoms with Crippen molar-refractivity contribution in [2.45, 2.75) is 25.3 Å². The standard InChI is InChI=1S/C32H27N3/c1-21-31-25-14-5-7-16-27(25)34(23-11-3-2-4-12-23)29(31)19-30-32(21)26-15-6-8-17-28(26)35(30)24-13-9-10-22(18-24)20-33/h2-19,21,31H,20,33H2,1H3. The Bertz CT molecular complexity index is 1610. The molecule has 1 aliphatic heterocycles. The number of rotatable bonds is 3. The second kappa shape index (κ2) is 7.72. The van der Waals surface area contributed by atoms with Crippen LogP contribution in [0.2, 0.25) is 0 Å². The molecule has 0 saturated heterocycles. The topological polar surface area (TPSA) is 34.2 Å². The lowest BCUT2D eigenvalue weighted by atomic mass is 9.77. The summed E-state index contributed by atoms with van der Waals surface area (Å²) < 4.78 is 2.43. The smallest absolute Gasteiger partial charge is 0.0537 e. The van der Waals surface area contributed by atoms with Gasteiger partial charge < -0.3 is 15.2 Å². The summed E-state index contributed by atoms with van der Waals surface area (Å²) in [5, 5.41) is 1.33. The molecular weight excluding hydrogens is 426 g/mol. The van der Waals surface area contributed by atoms with E-state index in [4.69, 9.17) is 5.73 Å². The van der Waals surface area contributed by atoms with Crippen LogP contribution in [0.3, 0.4) is 0 Å². The Morgan fingerprint density at radius 3 is 2.37 bits per heavy atom. The van der Waals surface area contributed by atoms with Gasteiger partial charge in [0.15, 0.2) is 0 Å². The third-order valence-electron chi connectivity index (χ3n) is 7.70. The van der Waals surface area contributed by atoms with Crippen molar-refractivity contribution in [3.63, 3.8) is 0 Å². The van der Waals surface area contributed by atoms with E-state index in [9.17, 15) is 0 Å². The normalized spacial score (nSPS) is 18.2. The third kappa shape index (κ3) is 2.88. The fourth-order valence-corrected chi connectivity index (χ4v) is 6.25. The number of benzene rings is 4. The molecule has 2 unspecified atom stereocenters. The molecule has 2 atom stereocenters. The van der Waals surface area contributed by atoms with Crippen LogP contribution in [-0.2, 0) is 6.54 Å². The monoisotopic (exact) mass is 453 g/mol. The zero-order valence-electron chi connectivity index (χ0n) is 19.7. The van der Waals surface area contributed by atoms with Crippen molar-refractivity contribution >= 4 is 28.4 Å². The molecule has 3 heteroatoms. The Hall–Kier alpha value is -4.08. The molecule has 0 fully saturated rings. The zero-order valence-corrected chi connectivity index (χ0v) is 19.7. The summed E-state index contributed by atoms with van der Waals surface area (Å²) >= 11 is 0. The molecule has 1 aliphatic carbocycles. The Balaban J connectivity index is 1.54. The van der Waals surface area contributed by atoms with Crippen molar-refractivity contribution in [1.29, 1.82) is 0 Å². The molecule has 170 valence electrons. The average Bonchev–Trinajstić information content (AvgIpc) is 3.42. The molecule has 1 aromatic heterocycles. The maximum Gasteiger partial charge on any atom is 0.0537 e. The molecule has 7 rings (SSSR count). The third-order valence-corrected chi connectivity index (χ3v) is 7.70. The van der Waals surface area contributed by atoms with Gasteiger partial charge in [-0.2, -0.15) is 0 Å². The SMILES string of the molecule is CC1c2c(n(-c3cccc(CN)c3)c3ccccc23)C=C2C1c1ccccc1N2c1ccccc1. The van der Waals surface area contributed by atoms with E-state index in [1.807, 2.05) is 0 Å². The Labute approximate surface area is 205 Å². The molecule has 2 N–H and O–H groups in total. The Morgan fingerprint density at radius 2 is 1.51 bits per heavy atom. The lowest BCUT2D eigenvalue weighted by Gasteiger charge is -2.31. The van der Waals surface area contributed by atoms with Crippen molar-refractivity contribution in [3.8, 4) is 5.69 Å². The van der Waals surface area contributed by atoms with Crippen LogP contribution >= 0.6 is 0 Å². The van der Waals surface area contributed by atoms with Gasteiger partial charge in [0.05, 0.1) is 11.2 Å². The van der Waals surface area contributed by atoms with Gasteiger partial charge in [0.2, 0.25) is 0 Å². The first-order valence-corrected chi connectivity index (χ1v) is 12.3. The highest BCUT2D eigenvalue weighted by Crippen LogP contribution is 2.57. The van der Waals surface area contributed by atoms with Crippen molar-refractivity contribution in [1.82, 2.24) is 4.57 Å². The van der Waals surface area contributed by atoms with Gasteiger partial charge in [-0.1, -0.05) is 73.7 Å². The largest absolute Gasteiger partial charge is 0.326 e. The number of anilines is 2. The Morgan fingerprint density at radius 1 is 0.771 bits per heavy atom. The molecule has 2 aliphatic rings. The highest BCUT2D eigenvalue weighted by Gasteiger charge is 2.42. The van der Waals surface area contributed by atoms with E-state index in [0.29, 0.717) is 18.4 Å². The number of fused-ring (bicyclic) bond motifs is 6. The van der Waals surface area contributed by atoms with E-state index >= 15 is 0 Å². The fourth-order valence-electron chi connectivity index (χ4n) is 6.25. The fraction of sp³-hybridized carbons (Fsp3) is 0.125. The molecule has 35 heavy (non-hydrogen) atoms. The van der Waals surface area contributed by atoms with Gasteiger partial charge in [0.1, 0.15) is 0 Å². The molecule has 2 heterocycles. The van der Waals surface area contributed by atoms with E-state index in [1.54, 1.807) is 0 Å². The van der Waals surface area contributed by atoms with Gasteiger partial charge in [0.25, 0.3) is 0 Å². The second-order valence-electron chi connectivity index (χ2n) is 9.59. The maximum atomic E-state index is 6.02. The van der Waals surface area contributed by atoms with Crippen LogP contribution in [0.25, 0.3) is 22.7 Å². The van der Waals surface area contributed by atoms with Crippen LogP contribution in [0.4, 0.5) is 11.4 Å². The summed E-state index contributed by atoms with van der Waals surface area (Å²) in [6.45, 7) is 2.93. The van der Waals surface area contributed by atoms with E-state index in [2.05, 4.69) is 126 Å². The quantitative estimate of drug-likeness (QED) is 0.307. The number of para-hydroxylation sites is 3. The van der Waals surface area contributed by atoms with Crippen LogP contribution in [0.5, 0.6) is 0 Å². The highest BCUT2D eigenvalue weighted by atomic mass is 15.2. The van der Waals surface area contributed by atoms with Crippen LogP contribution in [0, 0.1) is 0 Å². The van der Waals surface area contributed by atoms with Crippen LogP contribution in [0.15, 0.2) is 109 Å². The van der Waals surface area contributed by atoms with Gasteiger partial charge >= 0.3 is 0 Å². The summed E-state index contributed by atoms with van der Waals surface area (Å²) in [5.74, 6) is 0.650. The first-order valence-electron chi connectivity index (χ1n) is 12.3. The lowest BCUT2D eigenvalue weighted by molar-refractivity contribution is 0.654. The minimum Gasteiger partial charge on any atom is -0.326 e. The van der Waals surface area contributed by atoms with Crippen molar-refractivity contribution in [2.75, 3.05) is 4.90 Å². The van der Waals surface area contributed by atoms with E-state index < -0.39 is 0 Å². The molecule has 4 aromatic carbocycles. The summed E-state index contributed by atoms with van der Waals surface area (Å²) in [6.07, 6.45) is 2.43. The molecule has 0 radical (unpaired) electrons. The van der Waals surface area contributed by atoms with Gasteiger partial charge in [-0.3, -0.25) is 0 Å². The average molecular weight is 454 g/mol.